The number of methoxy groups -OCH3 is 1. The Hall–Kier alpha value is -2.93. The fraction of sp³-hybridized carbons (Fsp3) is 0.435. The molecule has 0 saturated carbocycles. The number of nitrogens with one attached hydrogen (secondary N) is 1. The van der Waals surface area contributed by atoms with Crippen LogP contribution in [0.15, 0.2) is 47.5 Å². The molecule has 0 radical (unpaired) electrons. The Kier molecular flexibility index (Phi) is 6.59. The highest BCUT2D eigenvalue weighted by Crippen LogP contribution is 2.32. The summed E-state index contributed by atoms with van der Waals surface area (Å²) < 4.78 is 16.8. The van der Waals surface area contributed by atoms with Crippen LogP contribution in [0.1, 0.15) is 30.9 Å². The molecule has 3 N–H and O–H groups in total. The summed E-state index contributed by atoms with van der Waals surface area (Å²) in [6.07, 6.45) is 3.31. The van der Waals surface area contributed by atoms with Gasteiger partial charge in [0.2, 0.25) is 0 Å². The van der Waals surface area contributed by atoms with Crippen molar-refractivity contribution in [3.8, 4) is 17.2 Å². The summed E-state index contributed by atoms with van der Waals surface area (Å²) in [5.74, 6) is 2.74. The minimum Gasteiger partial charge on any atom is -0.497 e. The zero-order chi connectivity index (χ0) is 20.8. The molecule has 1 fully saturated rings. The van der Waals surface area contributed by atoms with Gasteiger partial charge in [-0.25, -0.2) is 0 Å². The Labute approximate surface area is 177 Å². The highest BCUT2D eigenvalue weighted by molar-refractivity contribution is 5.92. The summed E-state index contributed by atoms with van der Waals surface area (Å²) >= 11 is 0. The molecule has 1 unspecified atom stereocenters. The van der Waals surface area contributed by atoms with E-state index in [1.165, 1.54) is 18.4 Å². The quantitative estimate of drug-likeness (QED) is 0.561. The van der Waals surface area contributed by atoms with Gasteiger partial charge in [-0.1, -0.05) is 12.1 Å². The largest absolute Gasteiger partial charge is 0.497 e. The number of nitrogens with zero attached hydrogens (tertiary/aromatic N) is 2. The van der Waals surface area contributed by atoms with E-state index in [0.29, 0.717) is 25.7 Å². The maximum absolute atomic E-state index is 6.22. The van der Waals surface area contributed by atoms with Crippen LogP contribution in [0.3, 0.4) is 0 Å². The highest BCUT2D eigenvalue weighted by Gasteiger charge is 2.23. The number of likely N-dealkylation sites (tertiary alicyclic amines) is 1. The molecule has 0 aliphatic carbocycles. The predicted molar refractivity (Wildman–Crippen MR) is 119 cm³/mol. The minimum absolute atomic E-state index is 0.173. The number of guanidine groups is 1. The topological polar surface area (TPSA) is 81.3 Å². The number of fused-ring (bicyclic) bond motifs is 1. The number of benzene rings is 2. The van der Waals surface area contributed by atoms with Crippen molar-refractivity contribution in [2.75, 3.05) is 45.3 Å². The fourth-order valence-corrected chi connectivity index (χ4v) is 3.95. The van der Waals surface area contributed by atoms with Crippen molar-refractivity contribution >= 4 is 11.6 Å². The molecular formula is C23H30N4O3. The van der Waals surface area contributed by atoms with E-state index in [0.717, 1.165) is 42.4 Å². The molecule has 1 atom stereocenters. The van der Waals surface area contributed by atoms with Crippen molar-refractivity contribution in [1.29, 1.82) is 0 Å². The molecule has 4 rings (SSSR count). The first-order valence-corrected chi connectivity index (χ1v) is 10.6. The van der Waals surface area contributed by atoms with E-state index < -0.39 is 0 Å². The SMILES string of the molecule is COc1cccc(C(CN=C(N)Nc2ccc3c(c2)OCCCO3)N2CCCC2)c1. The molecule has 2 aliphatic rings. The van der Waals surface area contributed by atoms with Gasteiger partial charge in [-0.05, 0) is 55.8 Å². The monoisotopic (exact) mass is 410 g/mol. The Morgan fingerprint density at radius 1 is 1.10 bits per heavy atom. The molecule has 2 aromatic rings. The van der Waals surface area contributed by atoms with E-state index >= 15 is 0 Å². The average molecular weight is 411 g/mol. The van der Waals surface area contributed by atoms with Crippen LogP contribution in [0.2, 0.25) is 0 Å². The van der Waals surface area contributed by atoms with Crippen LogP contribution in [0.25, 0.3) is 0 Å². The van der Waals surface area contributed by atoms with Crippen molar-refractivity contribution in [3.63, 3.8) is 0 Å². The van der Waals surface area contributed by atoms with Crippen molar-refractivity contribution in [2.24, 2.45) is 10.7 Å². The van der Waals surface area contributed by atoms with Crippen LogP contribution in [-0.2, 0) is 0 Å². The van der Waals surface area contributed by atoms with Crippen LogP contribution >= 0.6 is 0 Å². The highest BCUT2D eigenvalue weighted by atomic mass is 16.5. The lowest BCUT2D eigenvalue weighted by Crippen LogP contribution is -2.30. The zero-order valence-corrected chi connectivity index (χ0v) is 17.5. The van der Waals surface area contributed by atoms with E-state index in [2.05, 4.69) is 27.3 Å². The summed E-state index contributed by atoms with van der Waals surface area (Å²) in [6.45, 7) is 4.06. The van der Waals surface area contributed by atoms with E-state index in [-0.39, 0.29) is 6.04 Å². The lowest BCUT2D eigenvalue weighted by molar-refractivity contribution is 0.251. The van der Waals surface area contributed by atoms with Gasteiger partial charge in [-0.3, -0.25) is 9.89 Å². The van der Waals surface area contributed by atoms with Gasteiger partial charge in [0.25, 0.3) is 0 Å². The van der Waals surface area contributed by atoms with Gasteiger partial charge in [0, 0.05) is 18.2 Å². The van der Waals surface area contributed by atoms with E-state index in [1.807, 2.05) is 30.3 Å². The van der Waals surface area contributed by atoms with Gasteiger partial charge in [0.05, 0.1) is 32.9 Å². The lowest BCUT2D eigenvalue weighted by Gasteiger charge is -2.27. The number of nitrogens with two attached hydrogens (primary N) is 1. The maximum atomic E-state index is 6.22. The summed E-state index contributed by atoms with van der Waals surface area (Å²) in [5.41, 5.74) is 8.25. The third kappa shape index (κ3) is 4.97. The second-order valence-corrected chi connectivity index (χ2v) is 7.60. The molecule has 1 saturated heterocycles. The molecule has 0 bridgehead atoms. The van der Waals surface area contributed by atoms with Gasteiger partial charge >= 0.3 is 0 Å². The maximum Gasteiger partial charge on any atom is 0.193 e. The fourth-order valence-electron chi connectivity index (χ4n) is 3.95. The van der Waals surface area contributed by atoms with E-state index in [9.17, 15) is 0 Å². The van der Waals surface area contributed by atoms with Crippen molar-refractivity contribution < 1.29 is 14.2 Å². The van der Waals surface area contributed by atoms with Crippen molar-refractivity contribution in [2.45, 2.75) is 25.3 Å². The summed E-state index contributed by atoms with van der Waals surface area (Å²) in [4.78, 5) is 7.13. The number of anilines is 1. The van der Waals surface area contributed by atoms with Crippen LogP contribution in [0, 0.1) is 0 Å². The second-order valence-electron chi connectivity index (χ2n) is 7.60. The van der Waals surface area contributed by atoms with Crippen LogP contribution < -0.4 is 25.3 Å². The van der Waals surface area contributed by atoms with Gasteiger partial charge in [0.1, 0.15) is 5.75 Å². The van der Waals surface area contributed by atoms with Crippen LogP contribution in [-0.4, -0.2) is 50.8 Å². The zero-order valence-electron chi connectivity index (χ0n) is 17.5. The van der Waals surface area contributed by atoms with Gasteiger partial charge in [-0.2, -0.15) is 0 Å². The molecule has 2 aromatic carbocycles. The molecule has 0 aromatic heterocycles. The van der Waals surface area contributed by atoms with Crippen LogP contribution in [0.5, 0.6) is 17.2 Å². The number of hydrogen-bond donors (Lipinski definition) is 2. The Morgan fingerprint density at radius 2 is 1.90 bits per heavy atom. The molecular weight excluding hydrogens is 380 g/mol. The first-order chi connectivity index (χ1) is 14.7. The molecule has 2 heterocycles. The number of aliphatic imine (C=N–C) groups is 1. The van der Waals surface area contributed by atoms with Gasteiger partial charge in [-0.15, -0.1) is 0 Å². The first kappa shape index (κ1) is 20.3. The molecule has 2 aliphatic heterocycles. The molecule has 160 valence electrons. The third-order valence-corrected chi connectivity index (χ3v) is 5.51. The van der Waals surface area contributed by atoms with E-state index in [1.54, 1.807) is 7.11 Å². The minimum atomic E-state index is 0.173. The smallest absolute Gasteiger partial charge is 0.193 e. The normalized spacial score (nSPS) is 18.0. The Morgan fingerprint density at radius 3 is 2.70 bits per heavy atom. The molecule has 0 amide bonds. The van der Waals surface area contributed by atoms with Gasteiger partial charge in [0.15, 0.2) is 17.5 Å². The summed E-state index contributed by atoms with van der Waals surface area (Å²) in [6, 6.07) is 14.1. The molecule has 7 nitrogen and oxygen atoms in total. The van der Waals surface area contributed by atoms with Crippen LogP contribution in [0.4, 0.5) is 5.69 Å². The van der Waals surface area contributed by atoms with E-state index in [4.69, 9.17) is 19.9 Å². The van der Waals surface area contributed by atoms with Gasteiger partial charge < -0.3 is 25.3 Å². The Balaban J connectivity index is 1.47. The van der Waals surface area contributed by atoms with Crippen molar-refractivity contribution in [1.82, 2.24) is 4.90 Å². The lowest BCUT2D eigenvalue weighted by atomic mass is 10.1. The second kappa shape index (κ2) is 9.71. The molecule has 30 heavy (non-hydrogen) atoms. The average Bonchev–Trinajstić information content (AvgIpc) is 3.19. The first-order valence-electron chi connectivity index (χ1n) is 10.6. The Bertz CT molecular complexity index is 881. The third-order valence-electron chi connectivity index (χ3n) is 5.51. The molecule has 7 heteroatoms. The number of hydrogen-bond acceptors (Lipinski definition) is 5. The summed E-state index contributed by atoms with van der Waals surface area (Å²) in [7, 11) is 1.69. The standard InChI is InChI=1S/C23H30N4O3/c1-28-19-7-4-6-17(14-19)20(27-10-2-3-11-27)16-25-23(24)26-18-8-9-21-22(15-18)30-13-5-12-29-21/h4,6-9,14-15,20H,2-3,5,10-13,16H2,1H3,(H3,24,25,26). The predicted octanol–water partition coefficient (Wildman–Crippen LogP) is 3.42. The molecule has 0 spiro atoms. The number of rotatable bonds is 6. The van der Waals surface area contributed by atoms with Crippen molar-refractivity contribution in [3.05, 3.63) is 48.0 Å². The number of ether oxygens (including phenoxy) is 3. The summed E-state index contributed by atoms with van der Waals surface area (Å²) in [5, 5.41) is 3.18.